The van der Waals surface area contributed by atoms with Gasteiger partial charge in [-0.25, -0.2) is 0 Å². The number of hydrogen-bond donors (Lipinski definition) is 1. The minimum Gasteiger partial charge on any atom is -0.417 e. The van der Waals surface area contributed by atoms with Crippen molar-refractivity contribution in [3.63, 3.8) is 0 Å². The smallest absolute Gasteiger partial charge is 0.192 e. The lowest BCUT2D eigenvalue weighted by molar-refractivity contribution is 0.0752. The standard InChI is InChI=1S/C23H50O3Si2/c1-13-14-19(2)21(24)16-15-20(26-28(11,12)23(6,7)8)17-18-25-27(9,10)22(3,4)5/h13,19-21,24H,1,14-18H2,2-12H3/t19-,20-,21?/m0/s1. The molecule has 0 rings (SSSR count). The van der Waals surface area contributed by atoms with Gasteiger partial charge in [-0.3, -0.25) is 0 Å². The van der Waals surface area contributed by atoms with Gasteiger partial charge in [-0.15, -0.1) is 6.58 Å². The lowest BCUT2D eigenvalue weighted by Crippen LogP contribution is -2.45. The van der Waals surface area contributed by atoms with Gasteiger partial charge in [0.25, 0.3) is 0 Å². The van der Waals surface area contributed by atoms with E-state index in [0.29, 0.717) is 0 Å². The Labute approximate surface area is 178 Å². The molecule has 0 aromatic carbocycles. The molecule has 0 aliphatic carbocycles. The Bertz CT molecular complexity index is 461. The van der Waals surface area contributed by atoms with Crippen LogP contribution in [-0.4, -0.2) is 40.6 Å². The van der Waals surface area contributed by atoms with Crippen LogP contribution in [0.2, 0.25) is 36.3 Å². The molecule has 1 N–H and O–H groups in total. The number of hydrogen-bond acceptors (Lipinski definition) is 3. The number of aliphatic hydroxyl groups is 1. The molecule has 0 saturated carbocycles. The molecule has 0 aromatic heterocycles. The van der Waals surface area contributed by atoms with E-state index in [4.69, 9.17) is 8.85 Å². The second-order valence-corrected chi connectivity index (χ2v) is 21.1. The molecule has 28 heavy (non-hydrogen) atoms. The van der Waals surface area contributed by atoms with Crippen molar-refractivity contribution in [3.8, 4) is 0 Å². The highest BCUT2D eigenvalue weighted by Crippen LogP contribution is 2.39. The molecule has 0 aliphatic rings. The molecule has 168 valence electrons. The third kappa shape index (κ3) is 9.25. The zero-order valence-corrected chi connectivity index (χ0v) is 22.8. The van der Waals surface area contributed by atoms with Crippen molar-refractivity contribution >= 4 is 16.6 Å². The molecule has 5 heteroatoms. The van der Waals surface area contributed by atoms with Crippen LogP contribution in [0, 0.1) is 5.92 Å². The summed E-state index contributed by atoms with van der Waals surface area (Å²) in [7, 11) is -3.60. The zero-order chi connectivity index (χ0) is 22.4. The summed E-state index contributed by atoms with van der Waals surface area (Å²) in [5.41, 5.74) is 0. The van der Waals surface area contributed by atoms with Gasteiger partial charge in [-0.05, 0) is 67.9 Å². The average molecular weight is 431 g/mol. The third-order valence-electron chi connectivity index (χ3n) is 6.96. The van der Waals surface area contributed by atoms with Crippen molar-refractivity contribution in [2.24, 2.45) is 5.92 Å². The maximum atomic E-state index is 10.5. The molecule has 3 nitrogen and oxygen atoms in total. The first-order valence-electron chi connectivity index (χ1n) is 11.1. The Morgan fingerprint density at radius 3 is 1.82 bits per heavy atom. The van der Waals surface area contributed by atoms with E-state index in [2.05, 4.69) is 81.2 Å². The summed E-state index contributed by atoms with van der Waals surface area (Å²) in [6.07, 6.45) is 5.15. The van der Waals surface area contributed by atoms with Gasteiger partial charge in [0, 0.05) is 12.7 Å². The van der Waals surface area contributed by atoms with Crippen molar-refractivity contribution in [2.75, 3.05) is 6.61 Å². The number of aliphatic hydroxyl groups excluding tert-OH is 1. The van der Waals surface area contributed by atoms with Gasteiger partial charge < -0.3 is 14.0 Å². The Morgan fingerprint density at radius 1 is 0.893 bits per heavy atom. The highest BCUT2D eigenvalue weighted by atomic mass is 28.4. The summed E-state index contributed by atoms with van der Waals surface area (Å²) in [5, 5.41) is 10.9. The molecular weight excluding hydrogens is 380 g/mol. The summed E-state index contributed by atoms with van der Waals surface area (Å²) in [4.78, 5) is 0. The van der Waals surface area contributed by atoms with E-state index in [9.17, 15) is 5.11 Å². The molecule has 0 saturated heterocycles. The van der Waals surface area contributed by atoms with Crippen molar-refractivity contribution in [1.82, 2.24) is 0 Å². The molecule has 0 heterocycles. The predicted octanol–water partition coefficient (Wildman–Crippen LogP) is 7.14. The summed E-state index contributed by atoms with van der Waals surface area (Å²) in [5.74, 6) is 0.245. The van der Waals surface area contributed by atoms with E-state index in [0.717, 1.165) is 32.3 Å². The Kier molecular flexibility index (Phi) is 10.9. The van der Waals surface area contributed by atoms with Crippen LogP contribution < -0.4 is 0 Å². The van der Waals surface area contributed by atoms with E-state index in [-0.39, 0.29) is 28.2 Å². The van der Waals surface area contributed by atoms with E-state index < -0.39 is 16.6 Å². The molecule has 1 unspecified atom stereocenters. The topological polar surface area (TPSA) is 38.7 Å². The van der Waals surface area contributed by atoms with Crippen molar-refractivity contribution in [1.29, 1.82) is 0 Å². The van der Waals surface area contributed by atoms with Crippen LogP contribution >= 0.6 is 0 Å². The van der Waals surface area contributed by atoms with E-state index in [1.54, 1.807) is 0 Å². The molecule has 3 atom stereocenters. The van der Waals surface area contributed by atoms with Crippen LogP contribution in [0.3, 0.4) is 0 Å². The van der Waals surface area contributed by atoms with Gasteiger partial charge in [-0.1, -0.05) is 54.5 Å². The normalized spacial score (nSPS) is 17.3. The van der Waals surface area contributed by atoms with Gasteiger partial charge in [0.15, 0.2) is 16.6 Å². The Balaban J connectivity index is 5.02. The lowest BCUT2D eigenvalue weighted by atomic mass is 9.95. The second-order valence-electron chi connectivity index (χ2n) is 11.5. The Morgan fingerprint density at radius 2 is 1.39 bits per heavy atom. The fourth-order valence-corrected chi connectivity index (χ4v) is 5.06. The van der Waals surface area contributed by atoms with Crippen LogP contribution in [0.4, 0.5) is 0 Å². The van der Waals surface area contributed by atoms with Crippen LogP contribution in [0.5, 0.6) is 0 Å². The molecule has 0 aromatic rings. The van der Waals surface area contributed by atoms with Crippen LogP contribution in [0.1, 0.15) is 74.1 Å². The van der Waals surface area contributed by atoms with Gasteiger partial charge in [0.05, 0.1) is 6.10 Å². The van der Waals surface area contributed by atoms with Crippen molar-refractivity contribution in [2.45, 2.75) is 123 Å². The molecule has 0 amide bonds. The monoisotopic (exact) mass is 430 g/mol. The highest BCUT2D eigenvalue weighted by Gasteiger charge is 2.40. The van der Waals surface area contributed by atoms with Gasteiger partial charge in [0.2, 0.25) is 0 Å². The minimum absolute atomic E-state index is 0.149. The van der Waals surface area contributed by atoms with Gasteiger partial charge in [-0.2, -0.15) is 0 Å². The molecule has 0 spiro atoms. The zero-order valence-electron chi connectivity index (χ0n) is 20.8. The summed E-state index contributed by atoms with van der Waals surface area (Å²) in [6, 6.07) is 0. The second kappa shape index (κ2) is 10.9. The van der Waals surface area contributed by atoms with Crippen LogP contribution in [0.15, 0.2) is 12.7 Å². The van der Waals surface area contributed by atoms with Crippen LogP contribution in [0.25, 0.3) is 0 Å². The lowest BCUT2D eigenvalue weighted by Gasteiger charge is -2.40. The first kappa shape index (κ1) is 28.1. The van der Waals surface area contributed by atoms with E-state index in [1.807, 2.05) is 6.08 Å². The average Bonchev–Trinajstić information content (AvgIpc) is 2.49. The van der Waals surface area contributed by atoms with E-state index in [1.165, 1.54) is 0 Å². The molecule has 0 fully saturated rings. The number of rotatable bonds is 12. The largest absolute Gasteiger partial charge is 0.417 e. The molecule has 0 bridgehead atoms. The van der Waals surface area contributed by atoms with Gasteiger partial charge >= 0.3 is 0 Å². The summed E-state index contributed by atoms with van der Waals surface area (Å²) >= 11 is 0. The van der Waals surface area contributed by atoms with E-state index >= 15 is 0 Å². The van der Waals surface area contributed by atoms with Crippen molar-refractivity contribution in [3.05, 3.63) is 12.7 Å². The number of allylic oxidation sites excluding steroid dienone is 1. The fraction of sp³-hybridized carbons (Fsp3) is 0.913. The van der Waals surface area contributed by atoms with Crippen molar-refractivity contribution < 1.29 is 14.0 Å². The first-order chi connectivity index (χ1) is 12.4. The molecule has 0 aliphatic heterocycles. The predicted molar refractivity (Wildman–Crippen MR) is 129 cm³/mol. The summed E-state index contributed by atoms with van der Waals surface area (Å²) in [6.45, 7) is 29.5. The Hall–Kier alpha value is 0.0538. The molecular formula is C23H50O3Si2. The molecule has 0 radical (unpaired) electrons. The fourth-order valence-electron chi connectivity index (χ4n) is 2.58. The SMILES string of the molecule is C=CC[C@H](C)C(O)CC[C@@H](CCO[Si](C)(C)C(C)(C)C)O[Si](C)(C)C(C)(C)C. The third-order valence-corrected chi connectivity index (χ3v) is 16.0. The summed E-state index contributed by atoms with van der Waals surface area (Å²) < 4.78 is 13.2. The maximum Gasteiger partial charge on any atom is 0.192 e. The van der Waals surface area contributed by atoms with Gasteiger partial charge in [0.1, 0.15) is 0 Å². The minimum atomic E-state index is -1.86. The maximum absolute atomic E-state index is 10.5. The quantitative estimate of drug-likeness (QED) is 0.264. The highest BCUT2D eigenvalue weighted by molar-refractivity contribution is 6.74. The first-order valence-corrected chi connectivity index (χ1v) is 16.9. The van der Waals surface area contributed by atoms with Crippen LogP contribution in [-0.2, 0) is 8.85 Å².